The summed E-state index contributed by atoms with van der Waals surface area (Å²) in [7, 11) is 0. The standard InChI is InChI=1S/C12H23NO3/c1-3-8-11(4-2)15-12(14)16-13-9-6-5-7-10-13/h11H,3-10H2,1-2H3. The lowest BCUT2D eigenvalue weighted by Gasteiger charge is -2.25. The van der Waals surface area contributed by atoms with Crippen molar-refractivity contribution in [1.82, 2.24) is 5.06 Å². The summed E-state index contributed by atoms with van der Waals surface area (Å²) in [6, 6.07) is 0. The van der Waals surface area contributed by atoms with Crippen molar-refractivity contribution in [2.24, 2.45) is 0 Å². The van der Waals surface area contributed by atoms with Crippen LogP contribution < -0.4 is 0 Å². The molecule has 0 aromatic carbocycles. The zero-order chi connectivity index (χ0) is 11.8. The number of hydroxylamine groups is 2. The first kappa shape index (κ1) is 13.3. The average molecular weight is 229 g/mol. The van der Waals surface area contributed by atoms with E-state index in [1.165, 1.54) is 6.42 Å². The lowest BCUT2D eigenvalue weighted by atomic mass is 10.2. The second kappa shape index (κ2) is 7.49. The Morgan fingerprint density at radius 2 is 1.94 bits per heavy atom. The fourth-order valence-corrected chi connectivity index (χ4v) is 1.89. The van der Waals surface area contributed by atoms with E-state index < -0.39 is 6.16 Å². The van der Waals surface area contributed by atoms with Gasteiger partial charge in [-0.25, -0.2) is 4.79 Å². The van der Waals surface area contributed by atoms with E-state index in [9.17, 15) is 4.79 Å². The van der Waals surface area contributed by atoms with Crippen molar-refractivity contribution < 1.29 is 14.4 Å². The molecule has 1 saturated heterocycles. The SMILES string of the molecule is CCCC(CC)OC(=O)ON1CCCCC1. The van der Waals surface area contributed by atoms with Gasteiger partial charge in [-0.05, 0) is 25.7 Å². The van der Waals surface area contributed by atoms with E-state index in [0.717, 1.165) is 45.2 Å². The summed E-state index contributed by atoms with van der Waals surface area (Å²) < 4.78 is 5.24. The quantitative estimate of drug-likeness (QED) is 0.679. The molecule has 0 radical (unpaired) electrons. The van der Waals surface area contributed by atoms with Crippen molar-refractivity contribution in [1.29, 1.82) is 0 Å². The van der Waals surface area contributed by atoms with E-state index in [4.69, 9.17) is 9.57 Å². The summed E-state index contributed by atoms with van der Waals surface area (Å²) in [5.41, 5.74) is 0. The van der Waals surface area contributed by atoms with Crippen molar-refractivity contribution >= 4 is 6.16 Å². The van der Waals surface area contributed by atoms with Crippen LogP contribution in [0.15, 0.2) is 0 Å². The van der Waals surface area contributed by atoms with Gasteiger partial charge < -0.3 is 9.57 Å². The summed E-state index contributed by atoms with van der Waals surface area (Å²) in [5.74, 6) is 0. The number of hydrogen-bond donors (Lipinski definition) is 0. The summed E-state index contributed by atoms with van der Waals surface area (Å²) in [5, 5.41) is 1.71. The predicted molar refractivity (Wildman–Crippen MR) is 62.0 cm³/mol. The maximum atomic E-state index is 11.5. The van der Waals surface area contributed by atoms with Crippen molar-refractivity contribution in [3.63, 3.8) is 0 Å². The molecule has 1 heterocycles. The molecule has 0 aromatic heterocycles. The molecule has 0 N–H and O–H groups in total. The van der Waals surface area contributed by atoms with Gasteiger partial charge >= 0.3 is 6.16 Å². The molecular formula is C12H23NO3. The monoisotopic (exact) mass is 229 g/mol. The van der Waals surface area contributed by atoms with Gasteiger partial charge in [0.05, 0.1) is 0 Å². The second-order valence-corrected chi connectivity index (χ2v) is 4.27. The average Bonchev–Trinajstić information content (AvgIpc) is 2.29. The molecule has 0 saturated carbocycles. The minimum absolute atomic E-state index is 0.00212. The number of carbonyl (C=O) groups is 1. The summed E-state index contributed by atoms with van der Waals surface area (Å²) in [4.78, 5) is 16.6. The zero-order valence-electron chi connectivity index (χ0n) is 10.4. The minimum atomic E-state index is -0.540. The van der Waals surface area contributed by atoms with E-state index in [0.29, 0.717) is 0 Å². The maximum Gasteiger partial charge on any atom is 0.528 e. The molecule has 0 bridgehead atoms. The third kappa shape index (κ3) is 4.84. The molecule has 4 heteroatoms. The molecule has 4 nitrogen and oxygen atoms in total. The van der Waals surface area contributed by atoms with Crippen LogP contribution in [0.25, 0.3) is 0 Å². The van der Waals surface area contributed by atoms with Crippen molar-refractivity contribution in [2.45, 2.75) is 58.5 Å². The first-order valence-corrected chi connectivity index (χ1v) is 6.39. The van der Waals surface area contributed by atoms with Crippen LogP contribution in [0.5, 0.6) is 0 Å². The van der Waals surface area contributed by atoms with Gasteiger partial charge in [0.25, 0.3) is 0 Å². The smallest absolute Gasteiger partial charge is 0.430 e. The number of ether oxygens (including phenoxy) is 1. The molecule has 1 aliphatic heterocycles. The number of carbonyl (C=O) groups excluding carboxylic acids is 1. The third-order valence-electron chi connectivity index (χ3n) is 2.85. The molecule has 1 aliphatic rings. The number of hydrogen-bond acceptors (Lipinski definition) is 4. The molecule has 1 unspecified atom stereocenters. The number of rotatable bonds is 5. The highest BCUT2D eigenvalue weighted by Gasteiger charge is 2.18. The van der Waals surface area contributed by atoms with Crippen LogP contribution in [0.2, 0.25) is 0 Å². The maximum absolute atomic E-state index is 11.5. The molecule has 0 aromatic rings. The van der Waals surface area contributed by atoms with Crippen LogP contribution in [-0.4, -0.2) is 30.4 Å². The zero-order valence-corrected chi connectivity index (χ0v) is 10.4. The van der Waals surface area contributed by atoms with Gasteiger partial charge in [0.2, 0.25) is 0 Å². The van der Waals surface area contributed by atoms with E-state index in [2.05, 4.69) is 6.92 Å². The Kier molecular flexibility index (Phi) is 6.23. The fraction of sp³-hybridized carbons (Fsp3) is 0.917. The minimum Gasteiger partial charge on any atom is -0.430 e. The van der Waals surface area contributed by atoms with E-state index in [1.807, 2.05) is 6.92 Å². The van der Waals surface area contributed by atoms with E-state index in [1.54, 1.807) is 5.06 Å². The molecule has 0 amide bonds. The number of nitrogens with zero attached hydrogens (tertiary/aromatic N) is 1. The molecule has 0 aliphatic carbocycles. The molecular weight excluding hydrogens is 206 g/mol. The molecule has 0 spiro atoms. The van der Waals surface area contributed by atoms with Crippen LogP contribution in [0.4, 0.5) is 4.79 Å². The van der Waals surface area contributed by atoms with E-state index in [-0.39, 0.29) is 6.10 Å². The Balaban J connectivity index is 2.22. The first-order chi connectivity index (χ1) is 7.76. The fourth-order valence-electron chi connectivity index (χ4n) is 1.89. The highest BCUT2D eigenvalue weighted by molar-refractivity contribution is 5.59. The Hall–Kier alpha value is -0.770. The first-order valence-electron chi connectivity index (χ1n) is 6.39. The Morgan fingerprint density at radius 1 is 1.25 bits per heavy atom. The van der Waals surface area contributed by atoms with Crippen LogP contribution in [0.1, 0.15) is 52.4 Å². The lowest BCUT2D eigenvalue weighted by Crippen LogP contribution is -2.33. The van der Waals surface area contributed by atoms with Gasteiger partial charge in [-0.3, -0.25) is 0 Å². The normalized spacial score (nSPS) is 19.1. The van der Waals surface area contributed by atoms with Crippen molar-refractivity contribution in [3.05, 3.63) is 0 Å². The second-order valence-electron chi connectivity index (χ2n) is 4.27. The topological polar surface area (TPSA) is 38.8 Å². The largest absolute Gasteiger partial charge is 0.528 e. The van der Waals surface area contributed by atoms with Gasteiger partial charge in [0, 0.05) is 13.1 Å². The number of piperidine rings is 1. The van der Waals surface area contributed by atoms with E-state index >= 15 is 0 Å². The van der Waals surface area contributed by atoms with Crippen LogP contribution >= 0.6 is 0 Å². The Bertz CT molecular complexity index is 194. The van der Waals surface area contributed by atoms with Gasteiger partial charge in [-0.1, -0.05) is 26.7 Å². The highest BCUT2D eigenvalue weighted by atomic mass is 16.8. The lowest BCUT2D eigenvalue weighted by molar-refractivity contribution is -0.144. The summed E-state index contributed by atoms with van der Waals surface area (Å²) in [6.45, 7) is 5.77. The van der Waals surface area contributed by atoms with Crippen molar-refractivity contribution in [2.75, 3.05) is 13.1 Å². The molecule has 16 heavy (non-hydrogen) atoms. The molecule has 1 atom stereocenters. The van der Waals surface area contributed by atoms with Gasteiger partial charge in [0.15, 0.2) is 0 Å². The predicted octanol–water partition coefficient (Wildman–Crippen LogP) is 3.12. The third-order valence-corrected chi connectivity index (χ3v) is 2.85. The molecule has 94 valence electrons. The van der Waals surface area contributed by atoms with Crippen LogP contribution in [0, 0.1) is 0 Å². The summed E-state index contributed by atoms with van der Waals surface area (Å²) >= 11 is 0. The van der Waals surface area contributed by atoms with Crippen molar-refractivity contribution in [3.8, 4) is 0 Å². The molecule has 1 fully saturated rings. The van der Waals surface area contributed by atoms with Crippen LogP contribution in [0.3, 0.4) is 0 Å². The molecule has 1 rings (SSSR count). The van der Waals surface area contributed by atoms with Gasteiger partial charge in [0.1, 0.15) is 6.10 Å². The van der Waals surface area contributed by atoms with Crippen LogP contribution in [-0.2, 0) is 9.57 Å². The summed E-state index contributed by atoms with van der Waals surface area (Å²) in [6.07, 6.45) is 5.66. The Labute approximate surface area is 97.9 Å². The van der Waals surface area contributed by atoms with Gasteiger partial charge in [-0.15, -0.1) is 5.06 Å². The van der Waals surface area contributed by atoms with Gasteiger partial charge in [-0.2, -0.15) is 0 Å². The Morgan fingerprint density at radius 3 is 2.50 bits per heavy atom. The highest BCUT2D eigenvalue weighted by Crippen LogP contribution is 2.12.